The van der Waals surface area contributed by atoms with Crippen LogP contribution in [0.5, 0.6) is 0 Å². The first-order chi connectivity index (χ1) is 13.3. The number of nitrogens with zero attached hydrogens (tertiary/aromatic N) is 2. The molecule has 0 unspecified atom stereocenters. The van der Waals surface area contributed by atoms with E-state index in [0.29, 0.717) is 0 Å². The fraction of sp³-hybridized carbons (Fsp3) is 0.588. The summed E-state index contributed by atoms with van der Waals surface area (Å²) in [4.78, 5) is 58.2. The molecular weight excluding hydrogens is 376 g/mol. The van der Waals surface area contributed by atoms with E-state index in [-0.39, 0.29) is 83.0 Å². The third-order valence-electron chi connectivity index (χ3n) is 3.74. The smallest absolute Gasteiger partial charge is 0.305 e. The van der Waals surface area contributed by atoms with E-state index in [2.05, 4.69) is 0 Å². The molecule has 0 fully saturated rings. The number of carboxylic acids is 2. The average molecular weight is 400 g/mol. The molecule has 2 N–H and O–H groups in total. The highest BCUT2D eigenvalue weighted by molar-refractivity contribution is 6.12. The van der Waals surface area contributed by atoms with Crippen LogP contribution in [0, 0.1) is 0 Å². The van der Waals surface area contributed by atoms with E-state index in [4.69, 9.17) is 19.7 Å². The highest BCUT2D eigenvalue weighted by atomic mass is 16.5. The van der Waals surface area contributed by atoms with Crippen LogP contribution in [-0.4, -0.2) is 95.7 Å². The number of carboxylic acid groups (broad SMARTS) is 2. The van der Waals surface area contributed by atoms with Crippen molar-refractivity contribution in [3.05, 3.63) is 12.2 Å². The summed E-state index contributed by atoms with van der Waals surface area (Å²) in [7, 11) is 0. The van der Waals surface area contributed by atoms with Crippen molar-refractivity contribution in [3.63, 3.8) is 0 Å². The third kappa shape index (κ3) is 9.24. The first-order valence-electron chi connectivity index (χ1n) is 8.71. The van der Waals surface area contributed by atoms with Gasteiger partial charge in [-0.15, -0.1) is 0 Å². The second-order valence-electron chi connectivity index (χ2n) is 5.80. The monoisotopic (exact) mass is 400 g/mol. The Morgan fingerprint density at radius 1 is 0.821 bits per heavy atom. The van der Waals surface area contributed by atoms with E-state index < -0.39 is 11.9 Å². The fourth-order valence-corrected chi connectivity index (χ4v) is 2.27. The average Bonchev–Trinajstić information content (AvgIpc) is 2.95. The first kappa shape index (κ1) is 23.2. The van der Waals surface area contributed by atoms with Crippen molar-refractivity contribution >= 4 is 29.7 Å². The molecule has 11 heteroatoms. The van der Waals surface area contributed by atoms with Crippen molar-refractivity contribution in [1.82, 2.24) is 9.80 Å². The number of rotatable bonds is 15. The van der Waals surface area contributed by atoms with Crippen LogP contribution >= 0.6 is 0 Å². The Balaban J connectivity index is 2.14. The Morgan fingerprint density at radius 3 is 1.82 bits per heavy atom. The lowest BCUT2D eigenvalue weighted by Gasteiger charge is -2.21. The zero-order valence-electron chi connectivity index (χ0n) is 15.4. The zero-order valence-corrected chi connectivity index (χ0v) is 15.4. The van der Waals surface area contributed by atoms with Crippen molar-refractivity contribution in [3.8, 4) is 0 Å². The quantitative estimate of drug-likeness (QED) is 0.263. The normalized spacial score (nSPS) is 13.2. The number of carbonyl (C=O) groups is 5. The maximum Gasteiger partial charge on any atom is 0.305 e. The van der Waals surface area contributed by atoms with Crippen LogP contribution in [0.4, 0.5) is 0 Å². The van der Waals surface area contributed by atoms with Gasteiger partial charge < -0.3 is 24.6 Å². The Bertz CT molecular complexity index is 582. The van der Waals surface area contributed by atoms with E-state index in [9.17, 15) is 24.0 Å². The van der Waals surface area contributed by atoms with E-state index in [1.165, 1.54) is 17.1 Å². The van der Waals surface area contributed by atoms with Crippen LogP contribution in [0.25, 0.3) is 0 Å². The second-order valence-corrected chi connectivity index (χ2v) is 5.80. The van der Waals surface area contributed by atoms with Crippen molar-refractivity contribution in [1.29, 1.82) is 0 Å². The predicted molar refractivity (Wildman–Crippen MR) is 93.2 cm³/mol. The van der Waals surface area contributed by atoms with Gasteiger partial charge in [-0.05, 0) is 0 Å². The Hall–Kier alpha value is -2.79. The van der Waals surface area contributed by atoms with Crippen LogP contribution in [0.15, 0.2) is 12.2 Å². The van der Waals surface area contributed by atoms with E-state index in [1.807, 2.05) is 0 Å². The van der Waals surface area contributed by atoms with Gasteiger partial charge in [0, 0.05) is 25.2 Å². The second kappa shape index (κ2) is 12.6. The van der Waals surface area contributed by atoms with Gasteiger partial charge in [-0.1, -0.05) is 0 Å². The van der Waals surface area contributed by atoms with E-state index in [0.717, 1.165) is 4.90 Å². The summed E-state index contributed by atoms with van der Waals surface area (Å²) in [6, 6.07) is 0. The molecule has 0 spiro atoms. The van der Waals surface area contributed by atoms with Gasteiger partial charge in [0.2, 0.25) is 5.91 Å². The highest BCUT2D eigenvalue weighted by Crippen LogP contribution is 2.03. The number of ether oxygens (including phenoxy) is 2. The SMILES string of the molecule is O=C(O)CCN(CCC(=O)O)C(=O)CCOCCOCCN1C(=O)C=CC1=O. The van der Waals surface area contributed by atoms with Crippen molar-refractivity contribution in [2.45, 2.75) is 19.3 Å². The molecule has 1 aliphatic heterocycles. The zero-order chi connectivity index (χ0) is 20.9. The highest BCUT2D eigenvalue weighted by Gasteiger charge is 2.22. The number of carbonyl (C=O) groups excluding carboxylic acids is 3. The molecule has 1 rings (SSSR count). The molecule has 156 valence electrons. The molecule has 0 bridgehead atoms. The topological polar surface area (TPSA) is 151 Å². The molecule has 1 aliphatic rings. The number of hydrogen-bond acceptors (Lipinski definition) is 7. The largest absolute Gasteiger partial charge is 0.481 e. The molecule has 28 heavy (non-hydrogen) atoms. The molecule has 0 atom stereocenters. The van der Waals surface area contributed by atoms with Gasteiger partial charge in [0.15, 0.2) is 0 Å². The number of aliphatic carboxylic acids is 2. The molecule has 1 heterocycles. The van der Waals surface area contributed by atoms with Gasteiger partial charge in [0.1, 0.15) is 0 Å². The standard InChI is InChI=1S/C17H24N2O9/c20-13(18(6-3-16(23)24)7-4-17(25)26)5-9-27-11-12-28-10-8-19-14(21)1-2-15(19)22/h1-2H,3-12H2,(H,23,24)(H,25,26). The van der Waals surface area contributed by atoms with E-state index >= 15 is 0 Å². The lowest BCUT2D eigenvalue weighted by molar-refractivity contribution is -0.140. The van der Waals surface area contributed by atoms with Gasteiger partial charge in [-0.2, -0.15) is 0 Å². The van der Waals surface area contributed by atoms with Crippen LogP contribution in [0.3, 0.4) is 0 Å². The molecule has 0 aromatic heterocycles. The molecule has 0 aromatic carbocycles. The summed E-state index contributed by atoms with van der Waals surface area (Å²) in [6.07, 6.45) is 1.84. The fourth-order valence-electron chi connectivity index (χ4n) is 2.27. The van der Waals surface area contributed by atoms with Crippen molar-refractivity contribution in [2.75, 3.05) is 46.1 Å². The van der Waals surface area contributed by atoms with Crippen LogP contribution in [-0.2, 0) is 33.4 Å². The number of hydrogen-bond donors (Lipinski definition) is 2. The summed E-state index contributed by atoms with van der Waals surface area (Å²) in [5, 5.41) is 17.4. The van der Waals surface area contributed by atoms with Crippen molar-refractivity contribution in [2.24, 2.45) is 0 Å². The van der Waals surface area contributed by atoms with Crippen molar-refractivity contribution < 1.29 is 43.7 Å². The van der Waals surface area contributed by atoms with Gasteiger partial charge in [-0.25, -0.2) is 0 Å². The minimum atomic E-state index is -1.07. The summed E-state index contributed by atoms with van der Waals surface area (Å²) in [6.45, 7) is 0.661. The molecule has 0 saturated heterocycles. The summed E-state index contributed by atoms with van der Waals surface area (Å²) >= 11 is 0. The van der Waals surface area contributed by atoms with Gasteiger partial charge in [-0.3, -0.25) is 28.9 Å². The third-order valence-corrected chi connectivity index (χ3v) is 3.74. The maximum absolute atomic E-state index is 12.1. The van der Waals surface area contributed by atoms with Gasteiger partial charge in [0.05, 0.1) is 52.2 Å². The molecule has 0 aromatic rings. The molecular formula is C17H24N2O9. The van der Waals surface area contributed by atoms with E-state index in [1.54, 1.807) is 0 Å². The lowest BCUT2D eigenvalue weighted by Crippen LogP contribution is -2.35. The van der Waals surface area contributed by atoms with Crippen LogP contribution < -0.4 is 0 Å². The minimum absolute atomic E-state index is 0.0122. The first-order valence-corrected chi connectivity index (χ1v) is 8.71. The minimum Gasteiger partial charge on any atom is -0.481 e. The maximum atomic E-state index is 12.1. The Kier molecular flexibility index (Phi) is 10.4. The molecule has 3 amide bonds. The molecule has 11 nitrogen and oxygen atoms in total. The predicted octanol–water partition coefficient (Wildman–Crippen LogP) is -0.887. The Labute approximate surface area is 161 Å². The van der Waals surface area contributed by atoms with Crippen LogP contribution in [0.1, 0.15) is 19.3 Å². The summed E-state index contributed by atoms with van der Waals surface area (Å²) in [5.41, 5.74) is 0. The summed E-state index contributed by atoms with van der Waals surface area (Å²) in [5.74, 6) is -3.29. The molecule has 0 aliphatic carbocycles. The molecule has 0 radical (unpaired) electrons. The lowest BCUT2D eigenvalue weighted by atomic mass is 10.3. The van der Waals surface area contributed by atoms with Gasteiger partial charge >= 0.3 is 11.9 Å². The van der Waals surface area contributed by atoms with Gasteiger partial charge in [0.25, 0.3) is 11.8 Å². The Morgan fingerprint density at radius 2 is 1.32 bits per heavy atom. The van der Waals surface area contributed by atoms with Crippen LogP contribution in [0.2, 0.25) is 0 Å². The summed E-state index contributed by atoms with van der Waals surface area (Å²) < 4.78 is 10.5. The molecule has 0 saturated carbocycles. The number of imide groups is 1. The number of amides is 3.